The van der Waals surface area contributed by atoms with Gasteiger partial charge in [0.25, 0.3) is 5.91 Å². The summed E-state index contributed by atoms with van der Waals surface area (Å²) in [6.07, 6.45) is -4.52. The van der Waals surface area contributed by atoms with E-state index in [0.29, 0.717) is 0 Å². The Balaban J connectivity index is 2.23. The number of carbonyl (C=O) groups is 1. The van der Waals surface area contributed by atoms with Gasteiger partial charge in [-0.3, -0.25) is 4.79 Å². The molecule has 25 heavy (non-hydrogen) atoms. The molecule has 2 N–H and O–H groups in total. The second-order valence-electron chi connectivity index (χ2n) is 5.03. The Morgan fingerprint density at radius 2 is 1.80 bits per heavy atom. The number of amides is 1. The summed E-state index contributed by atoms with van der Waals surface area (Å²) in [5.41, 5.74) is -1.04. The smallest absolute Gasteiger partial charge is 0.416 e. The average molecular weight is 355 g/mol. The lowest BCUT2D eigenvalue weighted by atomic mass is 10.1. The summed E-state index contributed by atoms with van der Waals surface area (Å²) in [5.74, 6) is -1.01. The van der Waals surface area contributed by atoms with Gasteiger partial charge in [-0.2, -0.15) is 13.2 Å². The second-order valence-corrected chi connectivity index (χ2v) is 5.03. The summed E-state index contributed by atoms with van der Waals surface area (Å²) in [5, 5.41) is 12.5. The first-order valence-electron chi connectivity index (χ1n) is 7.16. The molecule has 0 bridgehead atoms. The van der Waals surface area contributed by atoms with E-state index in [2.05, 4.69) is 5.32 Å². The molecule has 0 radical (unpaired) electrons. The lowest BCUT2D eigenvalue weighted by molar-refractivity contribution is -0.138. The molecule has 0 aliphatic rings. The van der Waals surface area contributed by atoms with Crippen molar-refractivity contribution in [2.24, 2.45) is 0 Å². The number of carbonyl (C=O) groups excluding carboxylic acids is 1. The number of rotatable bonds is 5. The van der Waals surface area contributed by atoms with E-state index in [-0.39, 0.29) is 29.2 Å². The van der Waals surface area contributed by atoms with E-state index < -0.39 is 23.4 Å². The quantitative estimate of drug-likeness (QED) is 0.863. The number of phenols is 1. The largest absolute Gasteiger partial charge is 0.504 e. The van der Waals surface area contributed by atoms with Crippen molar-refractivity contribution >= 4 is 5.91 Å². The zero-order valence-corrected chi connectivity index (χ0v) is 13.5. The fourth-order valence-electron chi connectivity index (χ4n) is 2.32. The predicted octanol–water partition coefficient (Wildman–Crippen LogP) is 3.36. The van der Waals surface area contributed by atoms with Gasteiger partial charge in [0.1, 0.15) is 0 Å². The molecule has 0 aliphatic carbocycles. The molecular weight excluding hydrogens is 339 g/mol. The number of halogens is 3. The van der Waals surface area contributed by atoms with Crippen molar-refractivity contribution in [3.8, 4) is 17.2 Å². The van der Waals surface area contributed by atoms with Gasteiger partial charge in [-0.1, -0.05) is 18.2 Å². The molecule has 8 heteroatoms. The average Bonchev–Trinajstić information content (AvgIpc) is 2.58. The van der Waals surface area contributed by atoms with Gasteiger partial charge in [-0.25, -0.2) is 0 Å². The third-order valence-electron chi connectivity index (χ3n) is 3.53. The molecule has 5 nitrogen and oxygen atoms in total. The summed E-state index contributed by atoms with van der Waals surface area (Å²) in [6, 6.07) is 7.64. The Bertz CT molecular complexity index is 775. The monoisotopic (exact) mass is 355 g/mol. The highest BCUT2D eigenvalue weighted by atomic mass is 19.4. The van der Waals surface area contributed by atoms with Crippen LogP contribution in [-0.2, 0) is 12.7 Å². The highest BCUT2D eigenvalue weighted by molar-refractivity contribution is 5.98. The summed E-state index contributed by atoms with van der Waals surface area (Å²) >= 11 is 0. The number of methoxy groups -OCH3 is 2. The Kier molecular flexibility index (Phi) is 5.41. The number of alkyl halides is 3. The number of benzene rings is 2. The summed E-state index contributed by atoms with van der Waals surface area (Å²) in [6.45, 7) is -0.345. The van der Waals surface area contributed by atoms with E-state index in [0.717, 1.165) is 6.07 Å². The molecule has 0 aliphatic heterocycles. The van der Waals surface area contributed by atoms with Gasteiger partial charge < -0.3 is 19.9 Å². The van der Waals surface area contributed by atoms with Crippen molar-refractivity contribution in [2.45, 2.75) is 12.7 Å². The first-order chi connectivity index (χ1) is 11.8. The molecule has 134 valence electrons. The first-order valence-corrected chi connectivity index (χ1v) is 7.16. The van der Waals surface area contributed by atoms with Gasteiger partial charge in [0.2, 0.25) is 5.75 Å². The second kappa shape index (κ2) is 7.33. The van der Waals surface area contributed by atoms with Gasteiger partial charge in [0.05, 0.1) is 25.3 Å². The molecule has 0 heterocycles. The molecule has 1 amide bonds. The fourth-order valence-corrected chi connectivity index (χ4v) is 2.32. The zero-order chi connectivity index (χ0) is 18.6. The van der Waals surface area contributed by atoms with E-state index in [1.807, 2.05) is 0 Å². The Labute approximate surface area is 142 Å². The van der Waals surface area contributed by atoms with Crippen LogP contribution in [-0.4, -0.2) is 25.2 Å². The van der Waals surface area contributed by atoms with Gasteiger partial charge in [-0.05, 0) is 23.8 Å². The van der Waals surface area contributed by atoms with E-state index in [1.165, 1.54) is 44.6 Å². The SMILES string of the molecule is COc1ccc(C(=O)NCc2ccccc2C(F)(F)F)c(O)c1OC. The van der Waals surface area contributed by atoms with Crippen LogP contribution in [0, 0.1) is 0 Å². The van der Waals surface area contributed by atoms with Gasteiger partial charge in [0, 0.05) is 6.54 Å². The maximum absolute atomic E-state index is 13.0. The number of hydrogen-bond donors (Lipinski definition) is 2. The van der Waals surface area contributed by atoms with Crippen LogP contribution in [0.4, 0.5) is 13.2 Å². The Morgan fingerprint density at radius 3 is 2.40 bits per heavy atom. The van der Waals surface area contributed by atoms with Crippen LogP contribution in [0.1, 0.15) is 21.5 Å². The predicted molar refractivity (Wildman–Crippen MR) is 83.8 cm³/mol. The number of hydrogen-bond acceptors (Lipinski definition) is 4. The lowest BCUT2D eigenvalue weighted by Crippen LogP contribution is -2.24. The molecule has 2 rings (SSSR count). The molecule has 0 unspecified atom stereocenters. The molecule has 0 spiro atoms. The standard InChI is InChI=1S/C17H16F3NO4/c1-24-13-8-7-11(14(22)15(13)25-2)16(23)21-9-10-5-3-4-6-12(10)17(18,19)20/h3-8,22H,9H2,1-2H3,(H,21,23). The third kappa shape index (κ3) is 3.96. The molecule has 2 aromatic rings. The fraction of sp³-hybridized carbons (Fsp3) is 0.235. The van der Waals surface area contributed by atoms with E-state index in [4.69, 9.17) is 9.47 Å². The Morgan fingerprint density at radius 1 is 1.12 bits per heavy atom. The van der Waals surface area contributed by atoms with E-state index >= 15 is 0 Å². The number of aromatic hydroxyl groups is 1. The summed E-state index contributed by atoms with van der Waals surface area (Å²) < 4.78 is 48.8. The van der Waals surface area contributed by atoms with Crippen molar-refractivity contribution in [1.29, 1.82) is 0 Å². The third-order valence-corrected chi connectivity index (χ3v) is 3.53. The molecule has 0 aromatic heterocycles. The van der Waals surface area contributed by atoms with Crippen LogP contribution in [0.15, 0.2) is 36.4 Å². The maximum atomic E-state index is 13.0. The molecule has 0 saturated heterocycles. The van der Waals surface area contributed by atoms with Crippen LogP contribution in [0.25, 0.3) is 0 Å². The summed E-state index contributed by atoms with van der Waals surface area (Å²) in [4.78, 5) is 12.2. The van der Waals surface area contributed by atoms with E-state index in [1.54, 1.807) is 0 Å². The molecule has 0 fully saturated rings. The number of ether oxygens (including phenoxy) is 2. The van der Waals surface area contributed by atoms with Gasteiger partial charge in [0.15, 0.2) is 11.5 Å². The molecule has 0 saturated carbocycles. The van der Waals surface area contributed by atoms with Crippen LogP contribution in [0.3, 0.4) is 0 Å². The lowest BCUT2D eigenvalue weighted by Gasteiger charge is -2.15. The normalized spacial score (nSPS) is 11.1. The minimum absolute atomic E-state index is 0.0363. The number of phenolic OH excluding ortho intramolecular Hbond substituents is 1. The molecular formula is C17H16F3NO4. The van der Waals surface area contributed by atoms with Crippen molar-refractivity contribution in [3.63, 3.8) is 0 Å². The zero-order valence-electron chi connectivity index (χ0n) is 13.5. The number of nitrogens with one attached hydrogen (secondary N) is 1. The minimum atomic E-state index is -4.52. The van der Waals surface area contributed by atoms with Crippen LogP contribution >= 0.6 is 0 Å². The molecule has 2 aromatic carbocycles. The first kappa shape index (κ1) is 18.4. The van der Waals surface area contributed by atoms with Crippen LogP contribution in [0.2, 0.25) is 0 Å². The molecule has 0 atom stereocenters. The van der Waals surface area contributed by atoms with Gasteiger partial charge >= 0.3 is 6.18 Å². The van der Waals surface area contributed by atoms with Crippen molar-refractivity contribution in [1.82, 2.24) is 5.32 Å². The van der Waals surface area contributed by atoms with Crippen molar-refractivity contribution < 1.29 is 32.5 Å². The van der Waals surface area contributed by atoms with Crippen LogP contribution in [0.5, 0.6) is 17.2 Å². The van der Waals surface area contributed by atoms with Crippen molar-refractivity contribution in [3.05, 3.63) is 53.1 Å². The minimum Gasteiger partial charge on any atom is -0.504 e. The highest BCUT2D eigenvalue weighted by Crippen LogP contribution is 2.39. The maximum Gasteiger partial charge on any atom is 0.416 e. The summed E-state index contributed by atoms with van der Waals surface area (Å²) in [7, 11) is 2.66. The van der Waals surface area contributed by atoms with E-state index in [9.17, 15) is 23.1 Å². The van der Waals surface area contributed by atoms with Crippen molar-refractivity contribution in [2.75, 3.05) is 14.2 Å². The highest BCUT2D eigenvalue weighted by Gasteiger charge is 2.33. The van der Waals surface area contributed by atoms with Gasteiger partial charge in [-0.15, -0.1) is 0 Å². The van der Waals surface area contributed by atoms with Crippen LogP contribution < -0.4 is 14.8 Å². The topological polar surface area (TPSA) is 67.8 Å². The Hall–Kier alpha value is -2.90.